The minimum absolute atomic E-state index is 0.485. The van der Waals surface area contributed by atoms with Crippen molar-refractivity contribution in [2.24, 2.45) is 0 Å². The lowest BCUT2D eigenvalue weighted by Gasteiger charge is -2.08. The Morgan fingerprint density at radius 1 is 0.750 bits per heavy atom. The summed E-state index contributed by atoms with van der Waals surface area (Å²) in [6.45, 7) is 0. The summed E-state index contributed by atoms with van der Waals surface area (Å²) in [6.07, 6.45) is 0. The Labute approximate surface area is 136 Å². The van der Waals surface area contributed by atoms with Gasteiger partial charge in [0, 0.05) is 11.1 Å². The molecule has 0 N–H and O–H groups in total. The molecule has 0 atom stereocenters. The molecule has 1 aromatic heterocycles. The summed E-state index contributed by atoms with van der Waals surface area (Å²) in [6, 6.07) is 19.9. The fourth-order valence-electron chi connectivity index (χ4n) is 1.92. The molecule has 3 aromatic rings. The Morgan fingerprint density at radius 2 is 1.30 bits per heavy atom. The van der Waals surface area contributed by atoms with Crippen LogP contribution in [0, 0.1) is 3.57 Å². The van der Waals surface area contributed by atoms with Gasteiger partial charge in [0.2, 0.25) is 0 Å². The van der Waals surface area contributed by atoms with E-state index in [4.69, 9.17) is 11.6 Å². The first-order chi connectivity index (χ1) is 9.75. The summed E-state index contributed by atoms with van der Waals surface area (Å²) >= 11 is 8.45. The van der Waals surface area contributed by atoms with Gasteiger partial charge in [-0.1, -0.05) is 72.3 Å². The highest BCUT2D eigenvalue weighted by Crippen LogP contribution is 2.30. The van der Waals surface area contributed by atoms with Crippen LogP contribution in [0.4, 0.5) is 0 Å². The molecule has 0 amide bonds. The second-order valence-corrected chi connectivity index (χ2v) is 5.67. The van der Waals surface area contributed by atoms with Crippen LogP contribution in [0.3, 0.4) is 0 Å². The van der Waals surface area contributed by atoms with Crippen LogP contribution < -0.4 is 0 Å². The molecule has 0 radical (unpaired) electrons. The maximum atomic E-state index is 6.26. The number of halogens is 2. The molecule has 3 rings (SSSR count). The predicted octanol–water partition coefficient (Wildman–Crippen LogP) is 5.07. The van der Waals surface area contributed by atoms with E-state index in [9.17, 15) is 0 Å². The number of rotatable bonds is 2. The van der Waals surface area contributed by atoms with E-state index in [1.54, 1.807) is 0 Å². The van der Waals surface area contributed by atoms with Crippen LogP contribution in [0.15, 0.2) is 60.7 Å². The van der Waals surface area contributed by atoms with Gasteiger partial charge in [0.15, 0.2) is 5.82 Å². The molecule has 0 aliphatic carbocycles. The van der Waals surface area contributed by atoms with Crippen LogP contribution in [0.25, 0.3) is 22.6 Å². The normalized spacial score (nSPS) is 10.5. The molecule has 0 spiro atoms. The smallest absolute Gasteiger partial charge is 0.161 e. The average molecular weight is 393 g/mol. The molecule has 0 unspecified atom stereocenters. The zero-order chi connectivity index (χ0) is 13.9. The Hall–Kier alpha value is -1.46. The third-order valence-corrected chi connectivity index (χ3v) is 4.50. The second-order valence-electron chi connectivity index (χ2n) is 4.23. The highest BCUT2D eigenvalue weighted by Gasteiger charge is 2.13. The summed E-state index contributed by atoms with van der Waals surface area (Å²) in [7, 11) is 0. The van der Waals surface area contributed by atoms with E-state index in [0.717, 1.165) is 20.4 Å². The monoisotopic (exact) mass is 392 g/mol. The predicted molar refractivity (Wildman–Crippen MR) is 90.6 cm³/mol. The number of hydrogen-bond acceptors (Lipinski definition) is 2. The standard InChI is InChI=1S/C16H10ClIN2/c17-15-13(18)14(11-7-3-1-4-8-11)19-16(20-15)12-9-5-2-6-10-12/h1-10H. The fraction of sp³-hybridized carbons (Fsp3) is 0. The lowest BCUT2D eigenvalue weighted by molar-refractivity contribution is 1.16. The highest BCUT2D eigenvalue weighted by atomic mass is 127. The molecule has 2 nitrogen and oxygen atoms in total. The van der Waals surface area contributed by atoms with E-state index in [1.807, 2.05) is 60.7 Å². The van der Waals surface area contributed by atoms with Gasteiger partial charge in [-0.05, 0) is 22.6 Å². The molecule has 0 saturated carbocycles. The van der Waals surface area contributed by atoms with Crippen LogP contribution in [-0.2, 0) is 0 Å². The Kier molecular flexibility index (Phi) is 3.98. The molecule has 98 valence electrons. The third kappa shape index (κ3) is 2.69. The van der Waals surface area contributed by atoms with Crippen LogP contribution in [0.1, 0.15) is 0 Å². The van der Waals surface area contributed by atoms with Gasteiger partial charge in [-0.15, -0.1) is 0 Å². The van der Waals surface area contributed by atoms with Crippen LogP contribution in [0.5, 0.6) is 0 Å². The third-order valence-electron chi connectivity index (χ3n) is 2.89. The van der Waals surface area contributed by atoms with Crippen molar-refractivity contribution in [1.82, 2.24) is 9.97 Å². The quantitative estimate of drug-likeness (QED) is 0.449. The minimum atomic E-state index is 0.485. The lowest BCUT2D eigenvalue weighted by Crippen LogP contribution is -1.97. The van der Waals surface area contributed by atoms with E-state index in [-0.39, 0.29) is 0 Å². The molecule has 2 aromatic carbocycles. The van der Waals surface area contributed by atoms with Gasteiger partial charge in [0.05, 0.1) is 9.26 Å². The number of hydrogen-bond donors (Lipinski definition) is 0. The summed E-state index contributed by atoms with van der Waals surface area (Å²) in [5.41, 5.74) is 2.87. The van der Waals surface area contributed by atoms with E-state index in [2.05, 4.69) is 32.6 Å². The molecule has 4 heteroatoms. The number of aromatic nitrogens is 2. The molecular formula is C16H10ClIN2. The van der Waals surface area contributed by atoms with E-state index >= 15 is 0 Å². The van der Waals surface area contributed by atoms with Gasteiger partial charge in [0.25, 0.3) is 0 Å². The molecular weight excluding hydrogens is 383 g/mol. The van der Waals surface area contributed by atoms with Gasteiger partial charge >= 0.3 is 0 Å². The van der Waals surface area contributed by atoms with Crippen LogP contribution in [-0.4, -0.2) is 9.97 Å². The van der Waals surface area contributed by atoms with Crippen molar-refractivity contribution in [3.05, 3.63) is 69.4 Å². The van der Waals surface area contributed by atoms with Crippen molar-refractivity contribution < 1.29 is 0 Å². The maximum Gasteiger partial charge on any atom is 0.161 e. The van der Waals surface area contributed by atoms with Crippen LogP contribution >= 0.6 is 34.2 Å². The zero-order valence-electron chi connectivity index (χ0n) is 10.4. The minimum Gasteiger partial charge on any atom is -0.227 e. The molecule has 20 heavy (non-hydrogen) atoms. The second kappa shape index (κ2) is 5.89. The van der Waals surface area contributed by atoms with E-state index < -0.39 is 0 Å². The lowest BCUT2D eigenvalue weighted by atomic mass is 10.1. The van der Waals surface area contributed by atoms with Crippen molar-refractivity contribution in [2.45, 2.75) is 0 Å². The van der Waals surface area contributed by atoms with Crippen molar-refractivity contribution in [1.29, 1.82) is 0 Å². The molecule has 0 aliphatic heterocycles. The van der Waals surface area contributed by atoms with Crippen molar-refractivity contribution >= 4 is 34.2 Å². The maximum absolute atomic E-state index is 6.26. The summed E-state index contributed by atoms with van der Waals surface area (Å²) in [5, 5.41) is 0.485. The molecule has 1 heterocycles. The van der Waals surface area contributed by atoms with Crippen LogP contribution in [0.2, 0.25) is 5.15 Å². The first-order valence-corrected chi connectivity index (χ1v) is 7.55. The van der Waals surface area contributed by atoms with Gasteiger partial charge in [-0.3, -0.25) is 0 Å². The molecule has 0 aliphatic rings. The topological polar surface area (TPSA) is 25.8 Å². The van der Waals surface area contributed by atoms with E-state index in [0.29, 0.717) is 11.0 Å². The van der Waals surface area contributed by atoms with E-state index in [1.165, 1.54) is 0 Å². The van der Waals surface area contributed by atoms with Crippen molar-refractivity contribution in [3.8, 4) is 22.6 Å². The SMILES string of the molecule is Clc1nc(-c2ccccc2)nc(-c2ccccc2)c1I. The Morgan fingerprint density at radius 3 is 1.90 bits per heavy atom. The number of benzene rings is 2. The fourth-order valence-corrected chi connectivity index (χ4v) is 2.65. The van der Waals surface area contributed by atoms with Crippen molar-refractivity contribution in [2.75, 3.05) is 0 Å². The average Bonchev–Trinajstić information content (AvgIpc) is 2.51. The van der Waals surface area contributed by atoms with Gasteiger partial charge in [0.1, 0.15) is 5.15 Å². The Balaban J connectivity index is 2.19. The molecule has 0 fully saturated rings. The van der Waals surface area contributed by atoms with Crippen molar-refractivity contribution in [3.63, 3.8) is 0 Å². The molecule has 0 bridgehead atoms. The van der Waals surface area contributed by atoms with Gasteiger partial charge in [-0.25, -0.2) is 9.97 Å². The number of nitrogens with zero attached hydrogens (tertiary/aromatic N) is 2. The summed E-state index contributed by atoms with van der Waals surface area (Å²) in [4.78, 5) is 9.05. The molecule has 0 saturated heterocycles. The summed E-state index contributed by atoms with van der Waals surface area (Å²) in [5.74, 6) is 0.648. The largest absolute Gasteiger partial charge is 0.227 e. The first-order valence-electron chi connectivity index (χ1n) is 6.09. The Bertz CT molecular complexity index is 730. The highest BCUT2D eigenvalue weighted by molar-refractivity contribution is 14.1. The zero-order valence-corrected chi connectivity index (χ0v) is 13.3. The van der Waals surface area contributed by atoms with Gasteiger partial charge < -0.3 is 0 Å². The summed E-state index contributed by atoms with van der Waals surface area (Å²) < 4.78 is 0.871. The first kappa shape index (κ1) is 13.5. The van der Waals surface area contributed by atoms with Gasteiger partial charge in [-0.2, -0.15) is 0 Å².